The topological polar surface area (TPSA) is 94.5 Å². The van der Waals surface area contributed by atoms with Gasteiger partial charge < -0.3 is 0 Å². The molecule has 0 unspecified atom stereocenters. The third-order valence-electron chi connectivity index (χ3n) is 5.67. The van der Waals surface area contributed by atoms with Crippen molar-refractivity contribution in [3.8, 4) is 0 Å². The molecule has 0 aliphatic carbocycles. The molecule has 1 aliphatic heterocycles. The second-order valence-electron chi connectivity index (χ2n) is 7.78. The minimum Gasteiger partial charge on any atom is -0.297 e. The van der Waals surface area contributed by atoms with Gasteiger partial charge in [0.2, 0.25) is 5.95 Å². The van der Waals surface area contributed by atoms with E-state index in [-0.39, 0.29) is 41.8 Å². The molecule has 0 amide bonds. The Balaban J connectivity index is 1.69. The summed E-state index contributed by atoms with van der Waals surface area (Å²) in [6, 6.07) is 14.6. The third-order valence-corrected chi connectivity index (χ3v) is 5.67. The molecule has 2 aromatic heterocycles. The zero-order valence-electron chi connectivity index (χ0n) is 17.9. The van der Waals surface area contributed by atoms with Crippen LogP contribution in [0.1, 0.15) is 15.9 Å². The number of halogens is 1. The first-order valence-corrected chi connectivity index (χ1v) is 10.2. The average molecular weight is 446 g/mol. The number of ketones is 1. The molecule has 1 aliphatic rings. The Kier molecular flexibility index (Phi) is 4.77. The largest absolute Gasteiger partial charge is 0.332 e. The summed E-state index contributed by atoms with van der Waals surface area (Å²) in [7, 11) is 2.93. The Morgan fingerprint density at radius 3 is 2.39 bits per heavy atom. The van der Waals surface area contributed by atoms with Gasteiger partial charge in [0.15, 0.2) is 16.9 Å². The maximum atomic E-state index is 13.5. The van der Waals surface area contributed by atoms with Crippen LogP contribution in [0.3, 0.4) is 0 Å². The van der Waals surface area contributed by atoms with Crippen molar-refractivity contribution in [1.29, 1.82) is 0 Å². The Bertz CT molecular complexity index is 1550. The molecule has 0 N–H and O–H groups in total. The van der Waals surface area contributed by atoms with Crippen LogP contribution in [-0.2, 0) is 20.6 Å². The molecule has 0 saturated heterocycles. The number of hydrogen-bond acceptors (Lipinski definition) is 6. The number of carbonyl (C=O) groups is 1. The van der Waals surface area contributed by atoms with Crippen molar-refractivity contribution < 1.29 is 9.18 Å². The Morgan fingerprint density at radius 1 is 1.00 bits per heavy atom. The van der Waals surface area contributed by atoms with Crippen LogP contribution in [-0.4, -0.2) is 36.7 Å². The van der Waals surface area contributed by atoms with E-state index >= 15 is 0 Å². The lowest BCUT2D eigenvalue weighted by atomic mass is 10.1. The number of rotatable bonds is 4. The highest BCUT2D eigenvalue weighted by atomic mass is 19.1. The molecule has 0 fully saturated rings. The summed E-state index contributed by atoms with van der Waals surface area (Å²) in [4.78, 5) is 42.9. The number of Topliss-reactive ketones (excluding diaryl/α,β-unsaturated/α-hetero) is 1. The molecule has 2 aromatic carbocycles. The Hall–Kier alpha value is -4.34. The van der Waals surface area contributed by atoms with E-state index in [0.29, 0.717) is 16.8 Å². The van der Waals surface area contributed by atoms with Gasteiger partial charge in [-0.2, -0.15) is 10.1 Å². The van der Waals surface area contributed by atoms with Crippen LogP contribution in [0.2, 0.25) is 0 Å². The lowest BCUT2D eigenvalue weighted by Gasteiger charge is -2.25. The fraction of sp³-hybridized carbons (Fsp3) is 0.174. The molecule has 10 heteroatoms. The van der Waals surface area contributed by atoms with Crippen LogP contribution in [0.5, 0.6) is 0 Å². The molecule has 0 radical (unpaired) electrons. The van der Waals surface area contributed by atoms with E-state index in [4.69, 9.17) is 0 Å². The molecule has 33 heavy (non-hydrogen) atoms. The maximum Gasteiger partial charge on any atom is 0.332 e. The van der Waals surface area contributed by atoms with Gasteiger partial charge in [-0.05, 0) is 17.7 Å². The van der Waals surface area contributed by atoms with Gasteiger partial charge in [-0.25, -0.2) is 14.2 Å². The number of hydrazone groups is 1. The number of anilines is 1. The van der Waals surface area contributed by atoms with Crippen LogP contribution in [0.25, 0.3) is 11.2 Å². The molecule has 166 valence electrons. The quantitative estimate of drug-likeness (QED) is 0.445. The standard InChI is InChI=1S/C23H19FN6O3/c1-27-20-19(21(32)28(2)23(27)33)29-12-17(14-8-10-16(24)11-9-14)26-30(22(29)25-20)13-18(31)15-6-4-3-5-7-15/h3-11H,12-13H2,1-2H3. The van der Waals surface area contributed by atoms with Gasteiger partial charge in [-0.3, -0.25) is 23.3 Å². The third kappa shape index (κ3) is 3.36. The number of hydrogen-bond donors (Lipinski definition) is 0. The second kappa shape index (κ2) is 7.66. The zero-order chi connectivity index (χ0) is 23.3. The molecule has 0 saturated carbocycles. The van der Waals surface area contributed by atoms with Gasteiger partial charge in [0.05, 0.1) is 12.3 Å². The van der Waals surface area contributed by atoms with Gasteiger partial charge in [-0.1, -0.05) is 42.5 Å². The van der Waals surface area contributed by atoms with Crippen molar-refractivity contribution in [2.45, 2.75) is 6.54 Å². The van der Waals surface area contributed by atoms with E-state index in [0.717, 1.165) is 4.57 Å². The number of imidazole rings is 1. The smallest absolute Gasteiger partial charge is 0.297 e. The number of aryl methyl sites for hydroxylation is 1. The van der Waals surface area contributed by atoms with Crippen LogP contribution < -0.4 is 16.3 Å². The summed E-state index contributed by atoms with van der Waals surface area (Å²) in [5, 5.41) is 6.03. The lowest BCUT2D eigenvalue weighted by Crippen LogP contribution is -2.38. The number of aromatic nitrogens is 4. The number of fused-ring (bicyclic) bond motifs is 3. The molecule has 3 heterocycles. The summed E-state index contributed by atoms with van der Waals surface area (Å²) in [6.07, 6.45) is 0. The average Bonchev–Trinajstić information content (AvgIpc) is 3.22. The van der Waals surface area contributed by atoms with Crippen molar-refractivity contribution in [2.75, 3.05) is 11.6 Å². The molecular formula is C23H19FN6O3. The van der Waals surface area contributed by atoms with Gasteiger partial charge >= 0.3 is 5.69 Å². The fourth-order valence-corrected chi connectivity index (χ4v) is 3.90. The molecular weight excluding hydrogens is 427 g/mol. The van der Waals surface area contributed by atoms with Crippen LogP contribution in [0.15, 0.2) is 69.3 Å². The van der Waals surface area contributed by atoms with Crippen molar-refractivity contribution in [3.63, 3.8) is 0 Å². The van der Waals surface area contributed by atoms with E-state index in [1.807, 2.05) is 6.07 Å². The highest BCUT2D eigenvalue weighted by Crippen LogP contribution is 2.25. The summed E-state index contributed by atoms with van der Waals surface area (Å²) >= 11 is 0. The maximum absolute atomic E-state index is 13.5. The van der Waals surface area contributed by atoms with Crippen LogP contribution >= 0.6 is 0 Å². The lowest BCUT2D eigenvalue weighted by molar-refractivity contribution is 0.0998. The summed E-state index contributed by atoms with van der Waals surface area (Å²) < 4.78 is 17.4. The molecule has 0 spiro atoms. The van der Waals surface area contributed by atoms with E-state index < -0.39 is 11.2 Å². The Morgan fingerprint density at radius 2 is 1.70 bits per heavy atom. The molecule has 5 rings (SSSR count). The van der Waals surface area contributed by atoms with E-state index in [9.17, 15) is 18.8 Å². The molecule has 4 aromatic rings. The van der Waals surface area contributed by atoms with Crippen molar-refractivity contribution >= 4 is 28.6 Å². The van der Waals surface area contributed by atoms with Crippen LogP contribution in [0, 0.1) is 5.82 Å². The molecule has 0 atom stereocenters. The normalized spacial score (nSPS) is 13.2. The minimum absolute atomic E-state index is 0.133. The first-order chi connectivity index (χ1) is 15.8. The van der Waals surface area contributed by atoms with Crippen molar-refractivity contribution in [1.82, 2.24) is 18.7 Å². The number of benzene rings is 2. The Labute approximate surface area is 186 Å². The fourth-order valence-electron chi connectivity index (χ4n) is 3.90. The predicted octanol–water partition coefficient (Wildman–Crippen LogP) is 1.68. The van der Waals surface area contributed by atoms with Gasteiger partial charge in [0.25, 0.3) is 5.56 Å². The monoisotopic (exact) mass is 446 g/mol. The summed E-state index contributed by atoms with van der Waals surface area (Å²) in [5.74, 6) is -0.303. The molecule has 9 nitrogen and oxygen atoms in total. The van der Waals surface area contributed by atoms with Gasteiger partial charge in [0, 0.05) is 19.7 Å². The van der Waals surface area contributed by atoms with E-state index in [1.54, 1.807) is 41.0 Å². The second-order valence-corrected chi connectivity index (χ2v) is 7.78. The molecule has 0 bridgehead atoms. The summed E-state index contributed by atoms with van der Waals surface area (Å²) in [6.45, 7) is 0.0349. The van der Waals surface area contributed by atoms with Crippen LogP contribution in [0.4, 0.5) is 10.3 Å². The highest BCUT2D eigenvalue weighted by Gasteiger charge is 2.29. The number of nitrogens with zero attached hydrogens (tertiary/aromatic N) is 6. The predicted molar refractivity (Wildman–Crippen MR) is 121 cm³/mol. The highest BCUT2D eigenvalue weighted by molar-refractivity contribution is 6.04. The van der Waals surface area contributed by atoms with Crippen molar-refractivity contribution in [2.24, 2.45) is 19.2 Å². The SMILES string of the molecule is Cn1c(=O)c2c(nc3n2CC(c2ccc(F)cc2)=NN3CC(=O)c2ccccc2)n(C)c1=O. The van der Waals surface area contributed by atoms with Gasteiger partial charge in [0.1, 0.15) is 12.4 Å². The van der Waals surface area contributed by atoms with E-state index in [2.05, 4.69) is 10.1 Å². The van der Waals surface area contributed by atoms with Gasteiger partial charge in [-0.15, -0.1) is 0 Å². The first-order valence-electron chi connectivity index (χ1n) is 10.2. The van der Waals surface area contributed by atoms with E-state index in [1.165, 1.54) is 35.8 Å². The van der Waals surface area contributed by atoms with Crippen molar-refractivity contribution in [3.05, 3.63) is 92.4 Å². The number of carbonyl (C=O) groups excluding carboxylic acids is 1. The minimum atomic E-state index is -0.505. The zero-order valence-corrected chi connectivity index (χ0v) is 17.9. The first kappa shape index (κ1) is 20.6. The summed E-state index contributed by atoms with van der Waals surface area (Å²) in [5.41, 5.74) is 1.09.